The third kappa shape index (κ3) is 5.28. The van der Waals surface area contributed by atoms with Gasteiger partial charge in [0, 0.05) is 38.4 Å². The number of benzene rings is 1. The summed E-state index contributed by atoms with van der Waals surface area (Å²) in [6, 6.07) is 6.04. The minimum atomic E-state index is -0.330. The first-order valence-electron chi connectivity index (χ1n) is 9.19. The standard InChI is InChI=1S/C19H28FN3O/c20-17-7-4-8-18(13-17)21-19(24)15-23-11-9-22(10-12-23)14-16-5-2-1-3-6-16/h4,7-8,13,16H,1-3,5-6,9-12,14-15H2,(H,21,24). The second kappa shape index (κ2) is 8.58. The molecule has 0 radical (unpaired) electrons. The molecule has 1 saturated heterocycles. The summed E-state index contributed by atoms with van der Waals surface area (Å²) in [7, 11) is 0. The van der Waals surface area contributed by atoms with Gasteiger partial charge in [0.25, 0.3) is 0 Å². The van der Waals surface area contributed by atoms with Crippen molar-refractivity contribution in [3.05, 3.63) is 30.1 Å². The Kier molecular flexibility index (Phi) is 6.21. The Morgan fingerprint density at radius 2 is 1.79 bits per heavy atom. The number of piperazine rings is 1. The Morgan fingerprint density at radius 3 is 2.50 bits per heavy atom. The number of halogens is 1. The summed E-state index contributed by atoms with van der Waals surface area (Å²) in [4.78, 5) is 16.8. The maximum absolute atomic E-state index is 13.1. The zero-order valence-electron chi connectivity index (χ0n) is 14.3. The van der Waals surface area contributed by atoms with E-state index in [9.17, 15) is 9.18 Å². The molecule has 1 aromatic rings. The number of carbonyl (C=O) groups is 1. The molecule has 0 spiro atoms. The van der Waals surface area contributed by atoms with Gasteiger partial charge in [-0.15, -0.1) is 0 Å². The van der Waals surface area contributed by atoms with Crippen molar-refractivity contribution in [1.82, 2.24) is 9.80 Å². The third-order valence-corrected chi connectivity index (χ3v) is 5.18. The maximum Gasteiger partial charge on any atom is 0.238 e. The fraction of sp³-hybridized carbons (Fsp3) is 0.632. The van der Waals surface area contributed by atoms with Gasteiger partial charge in [-0.3, -0.25) is 9.69 Å². The van der Waals surface area contributed by atoms with E-state index in [4.69, 9.17) is 0 Å². The monoisotopic (exact) mass is 333 g/mol. The molecule has 4 nitrogen and oxygen atoms in total. The highest BCUT2D eigenvalue weighted by molar-refractivity contribution is 5.92. The van der Waals surface area contributed by atoms with E-state index in [0.717, 1.165) is 32.1 Å². The first kappa shape index (κ1) is 17.4. The van der Waals surface area contributed by atoms with Gasteiger partial charge in [0.05, 0.1) is 6.54 Å². The lowest BCUT2D eigenvalue weighted by Crippen LogP contribution is -2.49. The van der Waals surface area contributed by atoms with Crippen LogP contribution in [0.4, 0.5) is 10.1 Å². The molecule has 1 aromatic carbocycles. The van der Waals surface area contributed by atoms with E-state index < -0.39 is 0 Å². The van der Waals surface area contributed by atoms with Crippen LogP contribution in [-0.2, 0) is 4.79 Å². The molecule has 1 aliphatic heterocycles. The number of nitrogens with one attached hydrogen (secondary N) is 1. The van der Waals surface area contributed by atoms with Crippen molar-refractivity contribution in [1.29, 1.82) is 0 Å². The van der Waals surface area contributed by atoms with E-state index in [2.05, 4.69) is 15.1 Å². The lowest BCUT2D eigenvalue weighted by atomic mass is 9.89. The second-order valence-corrected chi connectivity index (χ2v) is 7.14. The van der Waals surface area contributed by atoms with Gasteiger partial charge in [0.1, 0.15) is 5.82 Å². The van der Waals surface area contributed by atoms with Crippen LogP contribution < -0.4 is 5.32 Å². The van der Waals surface area contributed by atoms with Gasteiger partial charge >= 0.3 is 0 Å². The summed E-state index contributed by atoms with van der Waals surface area (Å²) in [5.41, 5.74) is 0.524. The summed E-state index contributed by atoms with van der Waals surface area (Å²) in [6.45, 7) is 5.57. The number of carbonyl (C=O) groups excluding carboxylic acids is 1. The lowest BCUT2D eigenvalue weighted by Gasteiger charge is -2.37. The van der Waals surface area contributed by atoms with E-state index in [1.165, 1.54) is 50.8 Å². The molecule has 0 aromatic heterocycles. The fourth-order valence-corrected chi connectivity index (χ4v) is 3.83. The number of rotatable bonds is 5. The van der Waals surface area contributed by atoms with Crippen molar-refractivity contribution in [3.63, 3.8) is 0 Å². The molecule has 3 rings (SSSR count). The zero-order chi connectivity index (χ0) is 16.8. The van der Waals surface area contributed by atoms with Crippen LogP contribution in [0.5, 0.6) is 0 Å². The molecule has 1 heterocycles. The number of nitrogens with zero attached hydrogens (tertiary/aromatic N) is 2. The van der Waals surface area contributed by atoms with Crippen LogP contribution in [0.15, 0.2) is 24.3 Å². The van der Waals surface area contributed by atoms with Gasteiger partial charge in [-0.2, -0.15) is 0 Å². The van der Waals surface area contributed by atoms with Gasteiger partial charge in [-0.25, -0.2) is 4.39 Å². The van der Waals surface area contributed by atoms with E-state index in [0.29, 0.717) is 12.2 Å². The van der Waals surface area contributed by atoms with Gasteiger partial charge in [-0.05, 0) is 37.0 Å². The lowest BCUT2D eigenvalue weighted by molar-refractivity contribution is -0.117. The highest BCUT2D eigenvalue weighted by Crippen LogP contribution is 2.24. The Bertz CT molecular complexity index is 537. The maximum atomic E-state index is 13.1. The van der Waals surface area contributed by atoms with Gasteiger partial charge in [0.15, 0.2) is 0 Å². The minimum Gasteiger partial charge on any atom is -0.325 e. The minimum absolute atomic E-state index is 0.0682. The van der Waals surface area contributed by atoms with E-state index in [1.807, 2.05) is 0 Å². The summed E-state index contributed by atoms with van der Waals surface area (Å²) >= 11 is 0. The third-order valence-electron chi connectivity index (χ3n) is 5.18. The summed E-state index contributed by atoms with van der Waals surface area (Å²) < 4.78 is 13.1. The van der Waals surface area contributed by atoms with Gasteiger partial charge in [-0.1, -0.05) is 25.3 Å². The Hall–Kier alpha value is -1.46. The summed E-state index contributed by atoms with van der Waals surface area (Å²) in [5, 5.41) is 2.77. The van der Waals surface area contributed by atoms with Crippen LogP contribution in [-0.4, -0.2) is 55.0 Å². The Balaban J connectivity index is 1.37. The molecular formula is C19H28FN3O. The molecule has 1 N–H and O–H groups in total. The van der Waals surface area contributed by atoms with Crippen LogP contribution in [0.25, 0.3) is 0 Å². The van der Waals surface area contributed by atoms with Crippen LogP contribution in [0.3, 0.4) is 0 Å². The molecular weight excluding hydrogens is 305 g/mol. The zero-order valence-corrected chi connectivity index (χ0v) is 14.3. The van der Waals surface area contributed by atoms with Crippen molar-refractivity contribution in [2.24, 2.45) is 5.92 Å². The van der Waals surface area contributed by atoms with Gasteiger partial charge < -0.3 is 10.2 Å². The molecule has 1 aliphatic carbocycles. The average molecular weight is 333 g/mol. The summed E-state index contributed by atoms with van der Waals surface area (Å²) in [5.74, 6) is 0.479. The smallest absolute Gasteiger partial charge is 0.238 e. The molecule has 1 amide bonds. The Labute approximate surface area is 144 Å². The fourth-order valence-electron chi connectivity index (χ4n) is 3.83. The molecule has 0 bridgehead atoms. The first-order valence-corrected chi connectivity index (χ1v) is 9.19. The number of anilines is 1. The molecule has 2 aliphatic rings. The largest absolute Gasteiger partial charge is 0.325 e. The van der Waals surface area contributed by atoms with Gasteiger partial charge in [0.2, 0.25) is 5.91 Å². The van der Waals surface area contributed by atoms with E-state index >= 15 is 0 Å². The van der Waals surface area contributed by atoms with Crippen molar-refractivity contribution in [2.75, 3.05) is 44.6 Å². The number of amides is 1. The summed E-state index contributed by atoms with van der Waals surface area (Å²) in [6.07, 6.45) is 6.97. The first-order chi connectivity index (χ1) is 11.7. The van der Waals surface area contributed by atoms with Crippen molar-refractivity contribution >= 4 is 11.6 Å². The van der Waals surface area contributed by atoms with Crippen LogP contribution in [0.1, 0.15) is 32.1 Å². The molecule has 0 atom stereocenters. The molecule has 2 fully saturated rings. The van der Waals surface area contributed by atoms with Crippen LogP contribution in [0.2, 0.25) is 0 Å². The molecule has 132 valence electrons. The molecule has 0 unspecified atom stereocenters. The Morgan fingerprint density at radius 1 is 1.08 bits per heavy atom. The highest BCUT2D eigenvalue weighted by atomic mass is 19.1. The van der Waals surface area contributed by atoms with E-state index in [-0.39, 0.29) is 11.7 Å². The van der Waals surface area contributed by atoms with Crippen LogP contribution >= 0.6 is 0 Å². The normalized spacial score (nSPS) is 20.9. The van der Waals surface area contributed by atoms with Crippen molar-refractivity contribution in [2.45, 2.75) is 32.1 Å². The molecule has 24 heavy (non-hydrogen) atoms. The predicted molar refractivity (Wildman–Crippen MR) is 94.5 cm³/mol. The highest BCUT2D eigenvalue weighted by Gasteiger charge is 2.22. The molecule has 5 heteroatoms. The second-order valence-electron chi connectivity index (χ2n) is 7.14. The SMILES string of the molecule is O=C(CN1CCN(CC2CCCCC2)CC1)Nc1cccc(F)c1. The van der Waals surface area contributed by atoms with Crippen LogP contribution in [0, 0.1) is 11.7 Å². The quantitative estimate of drug-likeness (QED) is 0.900. The number of hydrogen-bond donors (Lipinski definition) is 1. The van der Waals surface area contributed by atoms with Crippen molar-refractivity contribution < 1.29 is 9.18 Å². The average Bonchev–Trinajstić information content (AvgIpc) is 2.57. The molecule has 1 saturated carbocycles. The topological polar surface area (TPSA) is 35.6 Å². The predicted octanol–water partition coefficient (Wildman–Crippen LogP) is 2.96. The van der Waals surface area contributed by atoms with E-state index in [1.54, 1.807) is 12.1 Å². The van der Waals surface area contributed by atoms with Crippen molar-refractivity contribution in [3.8, 4) is 0 Å². The number of hydrogen-bond acceptors (Lipinski definition) is 3.